The Bertz CT molecular complexity index is 2520. The van der Waals surface area contributed by atoms with Gasteiger partial charge < -0.3 is 10.1 Å². The van der Waals surface area contributed by atoms with Crippen LogP contribution in [-0.2, 0) is 12.0 Å². The molecule has 0 bridgehead atoms. The molecule has 0 amide bonds. The first-order chi connectivity index (χ1) is 23.6. The summed E-state index contributed by atoms with van der Waals surface area (Å²) < 4.78 is 8.54. The largest absolute Gasteiger partial charge is 0.488 e. The van der Waals surface area contributed by atoms with E-state index in [4.69, 9.17) is 14.7 Å². The average Bonchev–Trinajstić information content (AvgIpc) is 3.58. The Morgan fingerprint density at radius 3 is 2.27 bits per heavy atom. The van der Waals surface area contributed by atoms with E-state index in [9.17, 15) is 0 Å². The Labute approximate surface area is 278 Å². The number of hydrogen-bond acceptors (Lipinski definition) is 4. The molecule has 1 unspecified atom stereocenters. The van der Waals surface area contributed by atoms with Crippen molar-refractivity contribution in [3.8, 4) is 28.0 Å². The molecule has 1 aromatic heterocycles. The van der Waals surface area contributed by atoms with Crippen molar-refractivity contribution in [2.24, 2.45) is 9.98 Å². The fourth-order valence-corrected chi connectivity index (χ4v) is 8.04. The third-order valence-corrected chi connectivity index (χ3v) is 10.4. The minimum Gasteiger partial charge on any atom is -0.488 e. The summed E-state index contributed by atoms with van der Waals surface area (Å²) in [7, 11) is 0. The molecule has 0 spiro atoms. The maximum atomic E-state index is 6.28. The average molecular weight is 621 g/mol. The maximum Gasteiger partial charge on any atom is 0.234 e. The third-order valence-electron chi connectivity index (χ3n) is 10.4. The van der Waals surface area contributed by atoms with E-state index >= 15 is 0 Å². The van der Waals surface area contributed by atoms with Crippen LogP contribution in [0, 0.1) is 0 Å². The van der Waals surface area contributed by atoms with Crippen LogP contribution < -0.4 is 10.1 Å². The fourth-order valence-electron chi connectivity index (χ4n) is 8.04. The van der Waals surface area contributed by atoms with E-state index in [1.54, 1.807) is 0 Å². The van der Waals surface area contributed by atoms with E-state index in [-0.39, 0.29) is 11.6 Å². The second-order valence-corrected chi connectivity index (χ2v) is 13.4. The molecule has 1 atom stereocenters. The standard InChI is InChI=1S/C43H32N4O/c1-43(2)35-20-9-6-15-28(35)32-23-33-29-16-7-10-21-37(29)47(38(33)24-36(32)43)42-45-40(26-13-4-3-5-14-26)44-41(46-42)31-19-12-18-27-30-17-8-11-22-39(30)48-25-34(27)31/h3-24,40H,25H2,1-2H3,(H,44,45,46). The molecule has 2 aliphatic heterocycles. The van der Waals surface area contributed by atoms with Gasteiger partial charge in [0.05, 0.1) is 11.0 Å². The monoisotopic (exact) mass is 620 g/mol. The molecule has 6 aromatic carbocycles. The number of rotatable bonds is 2. The van der Waals surface area contributed by atoms with Crippen LogP contribution in [0.3, 0.4) is 0 Å². The predicted molar refractivity (Wildman–Crippen MR) is 195 cm³/mol. The van der Waals surface area contributed by atoms with Crippen molar-refractivity contribution in [3.63, 3.8) is 0 Å². The van der Waals surface area contributed by atoms with Gasteiger partial charge in [-0.05, 0) is 57.6 Å². The Kier molecular flexibility index (Phi) is 5.68. The topological polar surface area (TPSA) is 50.9 Å². The van der Waals surface area contributed by atoms with Crippen molar-refractivity contribution in [3.05, 3.63) is 161 Å². The molecular formula is C43H32N4O. The number of nitrogens with zero attached hydrogens (tertiary/aromatic N) is 3. The first-order valence-electron chi connectivity index (χ1n) is 16.6. The molecular weight excluding hydrogens is 589 g/mol. The van der Waals surface area contributed by atoms with Crippen LogP contribution in [0.25, 0.3) is 44.1 Å². The van der Waals surface area contributed by atoms with Crippen LogP contribution in [0.1, 0.15) is 47.8 Å². The zero-order chi connectivity index (χ0) is 32.0. The number of amidine groups is 1. The molecule has 48 heavy (non-hydrogen) atoms. The van der Waals surface area contributed by atoms with Crippen molar-refractivity contribution < 1.29 is 4.74 Å². The minimum atomic E-state index is -0.326. The van der Waals surface area contributed by atoms with Crippen molar-refractivity contribution in [1.82, 2.24) is 9.88 Å². The summed E-state index contributed by atoms with van der Waals surface area (Å²) in [4.78, 5) is 10.7. The van der Waals surface area contributed by atoms with Crippen LogP contribution in [0.4, 0.5) is 0 Å². The molecule has 10 rings (SSSR count). The van der Waals surface area contributed by atoms with Crippen LogP contribution >= 0.6 is 0 Å². The third kappa shape index (κ3) is 3.85. The molecule has 5 nitrogen and oxygen atoms in total. The number of fused-ring (bicyclic) bond motifs is 9. The lowest BCUT2D eigenvalue weighted by molar-refractivity contribution is 0.302. The quantitative estimate of drug-likeness (QED) is 0.209. The highest BCUT2D eigenvalue weighted by molar-refractivity contribution is 6.18. The van der Waals surface area contributed by atoms with Gasteiger partial charge in [0.25, 0.3) is 0 Å². The number of benzene rings is 6. The Morgan fingerprint density at radius 1 is 0.646 bits per heavy atom. The van der Waals surface area contributed by atoms with Crippen molar-refractivity contribution in [2.75, 3.05) is 0 Å². The number of hydrogen-bond donors (Lipinski definition) is 1. The number of para-hydroxylation sites is 2. The van der Waals surface area contributed by atoms with E-state index < -0.39 is 0 Å². The van der Waals surface area contributed by atoms with Gasteiger partial charge >= 0.3 is 0 Å². The van der Waals surface area contributed by atoms with E-state index in [0.717, 1.165) is 44.9 Å². The predicted octanol–water partition coefficient (Wildman–Crippen LogP) is 9.61. The van der Waals surface area contributed by atoms with Gasteiger partial charge in [-0.3, -0.25) is 4.57 Å². The summed E-state index contributed by atoms with van der Waals surface area (Å²) in [5.41, 5.74) is 12.9. The maximum absolute atomic E-state index is 6.28. The summed E-state index contributed by atoms with van der Waals surface area (Å²) in [5.74, 6) is 2.35. The van der Waals surface area contributed by atoms with Gasteiger partial charge in [-0.1, -0.05) is 123 Å². The summed E-state index contributed by atoms with van der Waals surface area (Å²) in [5, 5.41) is 6.10. The van der Waals surface area contributed by atoms with Gasteiger partial charge in [0, 0.05) is 32.9 Å². The number of nitrogens with one attached hydrogen (secondary N) is 1. The molecule has 0 saturated carbocycles. The highest BCUT2D eigenvalue weighted by Crippen LogP contribution is 2.50. The summed E-state index contributed by atoms with van der Waals surface area (Å²) in [6.45, 7) is 5.14. The lowest BCUT2D eigenvalue weighted by Crippen LogP contribution is -2.36. The van der Waals surface area contributed by atoms with Gasteiger partial charge in [0.2, 0.25) is 5.96 Å². The molecule has 7 aromatic rings. The van der Waals surface area contributed by atoms with E-state index in [1.807, 2.05) is 18.2 Å². The lowest BCUT2D eigenvalue weighted by atomic mass is 9.82. The first-order valence-corrected chi connectivity index (χ1v) is 16.6. The second-order valence-electron chi connectivity index (χ2n) is 13.4. The molecule has 230 valence electrons. The molecule has 3 heterocycles. The van der Waals surface area contributed by atoms with Crippen molar-refractivity contribution >= 4 is 33.6 Å². The molecule has 0 radical (unpaired) electrons. The van der Waals surface area contributed by atoms with Crippen LogP contribution in [0.2, 0.25) is 0 Å². The summed E-state index contributed by atoms with van der Waals surface area (Å²) >= 11 is 0. The van der Waals surface area contributed by atoms with E-state index in [2.05, 4.69) is 139 Å². The van der Waals surface area contributed by atoms with Crippen molar-refractivity contribution in [1.29, 1.82) is 0 Å². The lowest BCUT2D eigenvalue weighted by Gasteiger charge is -2.28. The zero-order valence-electron chi connectivity index (χ0n) is 26.7. The first kappa shape index (κ1) is 27.2. The SMILES string of the molecule is CC1(C)c2ccccc2-c2cc3c4ccccc4n(C4=NC(c5ccccc5)NC(c5cccc6c5COc5ccccc5-6)=N4)c3cc21. The Balaban J connectivity index is 1.22. The number of aliphatic imine (C=N–C) groups is 2. The highest BCUT2D eigenvalue weighted by atomic mass is 16.5. The number of ether oxygens (including phenoxy) is 1. The smallest absolute Gasteiger partial charge is 0.234 e. The van der Waals surface area contributed by atoms with E-state index in [1.165, 1.54) is 38.6 Å². The van der Waals surface area contributed by atoms with E-state index in [0.29, 0.717) is 12.6 Å². The molecule has 1 aliphatic carbocycles. The molecule has 0 fully saturated rings. The molecule has 5 heteroatoms. The fraction of sp³-hybridized carbons (Fsp3) is 0.116. The molecule has 3 aliphatic rings. The van der Waals surface area contributed by atoms with Crippen LogP contribution in [-0.4, -0.2) is 16.4 Å². The summed E-state index contributed by atoms with van der Waals surface area (Å²) in [6.07, 6.45) is -0.326. The second kappa shape index (κ2) is 10.0. The minimum absolute atomic E-state index is 0.127. The number of aromatic nitrogens is 1. The Hall–Kier alpha value is -5.94. The van der Waals surface area contributed by atoms with Gasteiger partial charge in [0.15, 0.2) is 0 Å². The van der Waals surface area contributed by atoms with Gasteiger partial charge in [-0.25, -0.2) is 4.99 Å². The molecule has 0 saturated heterocycles. The normalized spacial score (nSPS) is 17.0. The highest BCUT2D eigenvalue weighted by Gasteiger charge is 2.36. The van der Waals surface area contributed by atoms with Crippen LogP contribution in [0.15, 0.2) is 143 Å². The van der Waals surface area contributed by atoms with Gasteiger partial charge in [-0.2, -0.15) is 4.99 Å². The van der Waals surface area contributed by atoms with Gasteiger partial charge in [-0.15, -0.1) is 0 Å². The zero-order valence-corrected chi connectivity index (χ0v) is 26.7. The Morgan fingerprint density at radius 2 is 1.38 bits per heavy atom. The van der Waals surface area contributed by atoms with Crippen molar-refractivity contribution in [2.45, 2.75) is 32.0 Å². The van der Waals surface area contributed by atoms with Gasteiger partial charge in [0.1, 0.15) is 24.4 Å². The van der Waals surface area contributed by atoms with Crippen LogP contribution in [0.5, 0.6) is 5.75 Å². The summed E-state index contributed by atoms with van der Waals surface area (Å²) in [6, 6.07) is 47.4. The molecule has 1 N–H and O–H groups in total.